The van der Waals surface area contributed by atoms with E-state index in [0.717, 1.165) is 18.1 Å². The Labute approximate surface area is 115 Å². The van der Waals surface area contributed by atoms with Crippen molar-refractivity contribution < 1.29 is 4.74 Å². The first-order valence-corrected chi connectivity index (χ1v) is 6.70. The maximum Gasteiger partial charge on any atom is 0.0663 e. The minimum absolute atomic E-state index is 0.328. The summed E-state index contributed by atoms with van der Waals surface area (Å²) in [6.45, 7) is 6.79. The standard InChI is InChI=1S/C14H23ClN2O/c1-5-17(11(2)10-18-4)14-8-13(15)7-6-12(14)9-16-3/h6-8,11,16H,5,9-10H2,1-4H3. The zero-order valence-electron chi connectivity index (χ0n) is 11.7. The Morgan fingerprint density at radius 1 is 1.44 bits per heavy atom. The smallest absolute Gasteiger partial charge is 0.0663 e. The lowest BCUT2D eigenvalue weighted by Crippen LogP contribution is -2.37. The second-order valence-electron chi connectivity index (χ2n) is 4.39. The van der Waals surface area contributed by atoms with Gasteiger partial charge in [-0.2, -0.15) is 0 Å². The van der Waals surface area contributed by atoms with Crippen LogP contribution in [0.1, 0.15) is 19.4 Å². The monoisotopic (exact) mass is 270 g/mol. The van der Waals surface area contributed by atoms with Crippen molar-refractivity contribution in [1.82, 2.24) is 5.32 Å². The summed E-state index contributed by atoms with van der Waals surface area (Å²) in [5, 5.41) is 3.96. The van der Waals surface area contributed by atoms with Gasteiger partial charge in [0.2, 0.25) is 0 Å². The molecule has 0 radical (unpaired) electrons. The molecule has 0 fully saturated rings. The molecule has 0 bridgehead atoms. The predicted octanol–water partition coefficient (Wildman–Crippen LogP) is 2.92. The molecule has 1 N–H and O–H groups in total. The third-order valence-corrected chi connectivity index (χ3v) is 3.24. The van der Waals surface area contributed by atoms with E-state index >= 15 is 0 Å². The molecule has 0 saturated carbocycles. The van der Waals surface area contributed by atoms with Crippen LogP contribution in [-0.4, -0.2) is 33.4 Å². The van der Waals surface area contributed by atoms with Gasteiger partial charge in [0.05, 0.1) is 6.61 Å². The maximum absolute atomic E-state index is 6.12. The highest BCUT2D eigenvalue weighted by Gasteiger charge is 2.16. The molecule has 18 heavy (non-hydrogen) atoms. The average Bonchev–Trinajstić information content (AvgIpc) is 2.34. The van der Waals surface area contributed by atoms with Gasteiger partial charge in [0, 0.05) is 37.0 Å². The summed E-state index contributed by atoms with van der Waals surface area (Å²) in [6, 6.07) is 6.38. The zero-order valence-corrected chi connectivity index (χ0v) is 12.4. The molecule has 1 aromatic carbocycles. The number of halogens is 1. The Balaban J connectivity index is 3.05. The van der Waals surface area contributed by atoms with E-state index in [4.69, 9.17) is 16.3 Å². The van der Waals surface area contributed by atoms with Gasteiger partial charge in [0.25, 0.3) is 0 Å². The van der Waals surface area contributed by atoms with Gasteiger partial charge in [-0.05, 0) is 38.6 Å². The number of nitrogens with one attached hydrogen (secondary N) is 1. The zero-order chi connectivity index (χ0) is 13.5. The predicted molar refractivity (Wildman–Crippen MR) is 78.6 cm³/mol. The summed E-state index contributed by atoms with van der Waals surface area (Å²) in [5.74, 6) is 0. The van der Waals surface area contributed by atoms with E-state index in [1.807, 2.05) is 19.2 Å². The first-order chi connectivity index (χ1) is 8.63. The Hall–Kier alpha value is -0.770. The quantitative estimate of drug-likeness (QED) is 0.825. The molecular weight excluding hydrogens is 248 g/mol. The first-order valence-electron chi connectivity index (χ1n) is 6.32. The fourth-order valence-corrected chi connectivity index (χ4v) is 2.36. The topological polar surface area (TPSA) is 24.5 Å². The molecule has 1 aromatic rings. The van der Waals surface area contributed by atoms with Crippen LogP contribution in [0.25, 0.3) is 0 Å². The molecule has 0 saturated heterocycles. The van der Waals surface area contributed by atoms with Gasteiger partial charge < -0.3 is 15.0 Å². The van der Waals surface area contributed by atoms with Crippen LogP contribution in [0.5, 0.6) is 0 Å². The lowest BCUT2D eigenvalue weighted by molar-refractivity contribution is 0.182. The molecule has 0 heterocycles. The Morgan fingerprint density at radius 3 is 2.72 bits per heavy atom. The third kappa shape index (κ3) is 3.87. The minimum Gasteiger partial charge on any atom is -0.383 e. The number of hydrogen-bond acceptors (Lipinski definition) is 3. The SMILES string of the molecule is CCN(c1cc(Cl)ccc1CNC)C(C)COC. The Morgan fingerprint density at radius 2 is 2.17 bits per heavy atom. The van der Waals surface area contributed by atoms with Crippen LogP contribution in [0.15, 0.2) is 18.2 Å². The lowest BCUT2D eigenvalue weighted by atomic mass is 10.1. The maximum atomic E-state index is 6.12. The van der Waals surface area contributed by atoms with E-state index in [1.54, 1.807) is 7.11 Å². The largest absolute Gasteiger partial charge is 0.383 e. The number of benzene rings is 1. The van der Waals surface area contributed by atoms with E-state index < -0.39 is 0 Å². The first kappa shape index (κ1) is 15.3. The second-order valence-corrected chi connectivity index (χ2v) is 4.83. The summed E-state index contributed by atoms with van der Waals surface area (Å²) in [6.07, 6.45) is 0. The van der Waals surface area contributed by atoms with Gasteiger partial charge in [0.1, 0.15) is 0 Å². The van der Waals surface area contributed by atoms with E-state index in [9.17, 15) is 0 Å². The fourth-order valence-electron chi connectivity index (χ4n) is 2.19. The van der Waals surface area contributed by atoms with Crippen molar-refractivity contribution in [3.8, 4) is 0 Å². The van der Waals surface area contributed by atoms with Crippen LogP contribution in [0.3, 0.4) is 0 Å². The molecule has 0 aliphatic carbocycles. The van der Waals surface area contributed by atoms with Crippen molar-refractivity contribution in [2.24, 2.45) is 0 Å². The molecule has 1 rings (SSSR count). The van der Waals surface area contributed by atoms with Gasteiger partial charge in [-0.3, -0.25) is 0 Å². The number of methoxy groups -OCH3 is 1. The van der Waals surface area contributed by atoms with Gasteiger partial charge in [0.15, 0.2) is 0 Å². The van der Waals surface area contributed by atoms with Crippen molar-refractivity contribution >= 4 is 17.3 Å². The van der Waals surface area contributed by atoms with Crippen LogP contribution < -0.4 is 10.2 Å². The number of hydrogen-bond donors (Lipinski definition) is 1. The van der Waals surface area contributed by atoms with Crippen LogP contribution in [0, 0.1) is 0 Å². The molecule has 0 amide bonds. The number of anilines is 1. The molecule has 1 atom stereocenters. The Bertz CT molecular complexity index is 371. The van der Waals surface area contributed by atoms with Crippen molar-refractivity contribution in [1.29, 1.82) is 0 Å². The second kappa shape index (κ2) is 7.62. The summed E-state index contributed by atoms with van der Waals surface area (Å²) in [4.78, 5) is 2.32. The third-order valence-electron chi connectivity index (χ3n) is 3.00. The molecule has 3 nitrogen and oxygen atoms in total. The van der Waals surface area contributed by atoms with Gasteiger partial charge >= 0.3 is 0 Å². The summed E-state index contributed by atoms with van der Waals surface area (Å²) in [7, 11) is 3.68. The van der Waals surface area contributed by atoms with Gasteiger partial charge in [-0.1, -0.05) is 17.7 Å². The molecular formula is C14H23ClN2O. The van der Waals surface area contributed by atoms with Crippen molar-refractivity contribution in [3.05, 3.63) is 28.8 Å². The van der Waals surface area contributed by atoms with E-state index in [1.165, 1.54) is 11.3 Å². The highest BCUT2D eigenvalue weighted by molar-refractivity contribution is 6.30. The van der Waals surface area contributed by atoms with Crippen LogP contribution >= 0.6 is 11.6 Å². The molecule has 0 spiro atoms. The summed E-state index contributed by atoms with van der Waals surface area (Å²) in [5.41, 5.74) is 2.44. The summed E-state index contributed by atoms with van der Waals surface area (Å²) >= 11 is 6.12. The van der Waals surface area contributed by atoms with Gasteiger partial charge in [-0.25, -0.2) is 0 Å². The number of ether oxygens (including phenoxy) is 1. The van der Waals surface area contributed by atoms with Crippen molar-refractivity contribution in [3.63, 3.8) is 0 Å². The van der Waals surface area contributed by atoms with Crippen molar-refractivity contribution in [2.45, 2.75) is 26.4 Å². The normalized spacial score (nSPS) is 12.5. The minimum atomic E-state index is 0.328. The number of nitrogens with zero attached hydrogens (tertiary/aromatic N) is 1. The summed E-state index contributed by atoms with van der Waals surface area (Å²) < 4.78 is 5.25. The molecule has 102 valence electrons. The van der Waals surface area contributed by atoms with Crippen LogP contribution in [0.2, 0.25) is 5.02 Å². The lowest BCUT2D eigenvalue weighted by Gasteiger charge is -2.31. The molecule has 0 aliphatic rings. The highest BCUT2D eigenvalue weighted by atomic mass is 35.5. The highest BCUT2D eigenvalue weighted by Crippen LogP contribution is 2.26. The molecule has 4 heteroatoms. The van der Waals surface area contributed by atoms with Gasteiger partial charge in [-0.15, -0.1) is 0 Å². The van der Waals surface area contributed by atoms with E-state index in [0.29, 0.717) is 12.6 Å². The van der Waals surface area contributed by atoms with Crippen molar-refractivity contribution in [2.75, 3.05) is 32.2 Å². The van der Waals surface area contributed by atoms with Crippen LogP contribution in [-0.2, 0) is 11.3 Å². The molecule has 0 aromatic heterocycles. The van der Waals surface area contributed by atoms with E-state index in [2.05, 4.69) is 30.1 Å². The van der Waals surface area contributed by atoms with E-state index in [-0.39, 0.29) is 0 Å². The molecule has 0 aliphatic heterocycles. The molecule has 1 unspecified atom stereocenters. The number of rotatable bonds is 7. The average molecular weight is 271 g/mol. The van der Waals surface area contributed by atoms with Crippen LogP contribution in [0.4, 0.5) is 5.69 Å². The Kier molecular flexibility index (Phi) is 6.47. The number of likely N-dealkylation sites (N-methyl/N-ethyl adjacent to an activating group) is 1. The fraction of sp³-hybridized carbons (Fsp3) is 0.571.